The molecule has 0 fully saturated rings. The second-order valence-electron chi connectivity index (χ2n) is 4.62. The molecule has 17 heavy (non-hydrogen) atoms. The first-order chi connectivity index (χ1) is 8.34. The molecular weight excluding hydrogens is 208 g/mol. The average molecular weight is 224 g/mol. The van der Waals surface area contributed by atoms with Crippen LogP contribution in [0.15, 0.2) is 48.3 Å². The van der Waals surface area contributed by atoms with E-state index in [9.17, 15) is 0 Å². The highest BCUT2D eigenvalue weighted by molar-refractivity contribution is 5.62. The molecule has 1 aliphatic rings. The van der Waals surface area contributed by atoms with E-state index in [-0.39, 0.29) is 0 Å². The van der Waals surface area contributed by atoms with Gasteiger partial charge in [-0.15, -0.1) is 0 Å². The number of rotatable bonds is 1. The van der Waals surface area contributed by atoms with Crippen LogP contribution in [-0.4, -0.2) is 9.55 Å². The lowest BCUT2D eigenvalue weighted by atomic mass is 10.1. The summed E-state index contributed by atoms with van der Waals surface area (Å²) >= 11 is 0. The minimum Gasteiger partial charge on any atom is -0.330 e. The fourth-order valence-electron chi connectivity index (χ4n) is 2.43. The Balaban J connectivity index is 2.05. The van der Waals surface area contributed by atoms with Crippen molar-refractivity contribution in [2.45, 2.75) is 26.3 Å². The summed E-state index contributed by atoms with van der Waals surface area (Å²) in [4.78, 5) is 4.58. The quantitative estimate of drug-likeness (QED) is 0.678. The molecule has 0 amide bonds. The van der Waals surface area contributed by atoms with E-state index in [1.54, 1.807) is 0 Å². The van der Waals surface area contributed by atoms with Crippen molar-refractivity contribution in [2.75, 3.05) is 0 Å². The zero-order valence-electron chi connectivity index (χ0n) is 10.1. The standard InChI is InChI=1S/C15H16N2/c1-12-6-5-9-14-15(16-11-17(14)10-12)13-7-3-2-4-8-13/h2-4,6-8,11H,5,9-10H2,1H3. The second kappa shape index (κ2) is 4.21. The van der Waals surface area contributed by atoms with Gasteiger partial charge in [0.2, 0.25) is 0 Å². The van der Waals surface area contributed by atoms with Crippen molar-refractivity contribution >= 4 is 0 Å². The van der Waals surface area contributed by atoms with Crippen molar-refractivity contribution in [3.63, 3.8) is 0 Å². The van der Waals surface area contributed by atoms with Crippen molar-refractivity contribution < 1.29 is 0 Å². The molecule has 0 N–H and O–H groups in total. The molecule has 86 valence electrons. The number of hydrogen-bond acceptors (Lipinski definition) is 1. The van der Waals surface area contributed by atoms with E-state index in [1.165, 1.54) is 16.8 Å². The molecule has 0 spiro atoms. The van der Waals surface area contributed by atoms with Crippen LogP contribution in [0.5, 0.6) is 0 Å². The molecule has 1 aromatic carbocycles. The van der Waals surface area contributed by atoms with Gasteiger partial charge in [0.25, 0.3) is 0 Å². The zero-order valence-corrected chi connectivity index (χ0v) is 10.1. The molecule has 1 aliphatic heterocycles. The molecule has 0 saturated heterocycles. The van der Waals surface area contributed by atoms with Gasteiger partial charge in [-0.3, -0.25) is 0 Å². The topological polar surface area (TPSA) is 17.8 Å². The maximum absolute atomic E-state index is 4.58. The summed E-state index contributed by atoms with van der Waals surface area (Å²) in [5.41, 5.74) is 5.17. The molecule has 0 bridgehead atoms. The van der Waals surface area contributed by atoms with Gasteiger partial charge in [0.1, 0.15) is 0 Å². The van der Waals surface area contributed by atoms with E-state index in [2.05, 4.69) is 46.8 Å². The summed E-state index contributed by atoms with van der Waals surface area (Å²) in [6.07, 6.45) is 6.51. The van der Waals surface area contributed by atoms with Gasteiger partial charge in [-0.1, -0.05) is 42.0 Å². The Morgan fingerprint density at radius 3 is 2.82 bits per heavy atom. The third kappa shape index (κ3) is 1.91. The number of nitrogens with zero attached hydrogens (tertiary/aromatic N) is 2. The first kappa shape index (κ1) is 10.3. The van der Waals surface area contributed by atoms with Crippen molar-refractivity contribution in [1.82, 2.24) is 9.55 Å². The minimum absolute atomic E-state index is 0.981. The Bertz CT molecular complexity index is 550. The highest BCUT2D eigenvalue weighted by Gasteiger charge is 2.14. The molecule has 0 atom stereocenters. The average Bonchev–Trinajstić information content (AvgIpc) is 2.64. The maximum atomic E-state index is 4.58. The summed E-state index contributed by atoms with van der Waals surface area (Å²) in [7, 11) is 0. The van der Waals surface area contributed by atoms with Gasteiger partial charge in [-0.25, -0.2) is 4.98 Å². The van der Waals surface area contributed by atoms with Crippen LogP contribution >= 0.6 is 0 Å². The van der Waals surface area contributed by atoms with E-state index >= 15 is 0 Å². The van der Waals surface area contributed by atoms with Crippen LogP contribution < -0.4 is 0 Å². The molecule has 0 unspecified atom stereocenters. The van der Waals surface area contributed by atoms with Crippen molar-refractivity contribution in [1.29, 1.82) is 0 Å². The van der Waals surface area contributed by atoms with Gasteiger partial charge in [0, 0.05) is 17.8 Å². The minimum atomic E-state index is 0.981. The van der Waals surface area contributed by atoms with Gasteiger partial charge < -0.3 is 4.57 Å². The first-order valence-electron chi connectivity index (χ1n) is 6.09. The summed E-state index contributed by atoms with van der Waals surface area (Å²) < 4.78 is 2.28. The largest absolute Gasteiger partial charge is 0.330 e. The Hall–Kier alpha value is -1.83. The number of imidazole rings is 1. The Morgan fingerprint density at radius 1 is 1.18 bits per heavy atom. The number of allylic oxidation sites excluding steroid dienone is 2. The molecule has 1 aromatic heterocycles. The van der Waals surface area contributed by atoms with Crippen LogP contribution in [0.4, 0.5) is 0 Å². The lowest BCUT2D eigenvalue weighted by molar-refractivity contribution is 0.748. The van der Waals surface area contributed by atoms with Crippen LogP contribution in [0.1, 0.15) is 19.0 Å². The van der Waals surface area contributed by atoms with Crippen LogP contribution in [0.25, 0.3) is 11.3 Å². The van der Waals surface area contributed by atoms with Gasteiger partial charge in [0.15, 0.2) is 0 Å². The van der Waals surface area contributed by atoms with Crippen LogP contribution in [0, 0.1) is 0 Å². The van der Waals surface area contributed by atoms with E-state index in [0.29, 0.717) is 0 Å². The highest BCUT2D eigenvalue weighted by atomic mass is 15.1. The first-order valence-corrected chi connectivity index (χ1v) is 6.09. The van der Waals surface area contributed by atoms with Gasteiger partial charge in [0.05, 0.1) is 12.0 Å². The lowest BCUT2D eigenvalue weighted by Crippen LogP contribution is -2.00. The summed E-state index contributed by atoms with van der Waals surface area (Å²) in [5, 5.41) is 0. The maximum Gasteiger partial charge on any atom is 0.0959 e. The Morgan fingerprint density at radius 2 is 2.00 bits per heavy atom. The molecular formula is C15H16N2. The molecule has 0 saturated carbocycles. The summed E-state index contributed by atoms with van der Waals surface area (Å²) in [5.74, 6) is 0. The lowest BCUT2D eigenvalue weighted by Gasteiger charge is -2.06. The monoisotopic (exact) mass is 224 g/mol. The molecule has 2 heterocycles. The van der Waals surface area contributed by atoms with Crippen molar-refractivity contribution in [3.05, 3.63) is 54.0 Å². The molecule has 0 radical (unpaired) electrons. The number of hydrogen-bond donors (Lipinski definition) is 0. The van der Waals surface area contributed by atoms with Gasteiger partial charge in [-0.2, -0.15) is 0 Å². The SMILES string of the molecule is CC1=CCCc2c(-c3ccccc3)ncn2C1. The Labute approximate surface area is 102 Å². The fourth-order valence-corrected chi connectivity index (χ4v) is 2.43. The number of aromatic nitrogens is 2. The number of benzene rings is 1. The normalized spacial score (nSPS) is 15.0. The van der Waals surface area contributed by atoms with E-state index in [0.717, 1.165) is 25.1 Å². The van der Waals surface area contributed by atoms with Crippen molar-refractivity contribution in [3.8, 4) is 11.3 Å². The molecule has 2 heteroatoms. The smallest absolute Gasteiger partial charge is 0.0959 e. The van der Waals surface area contributed by atoms with Crippen LogP contribution in [0.2, 0.25) is 0 Å². The number of fused-ring (bicyclic) bond motifs is 1. The van der Waals surface area contributed by atoms with Gasteiger partial charge in [-0.05, 0) is 19.8 Å². The summed E-state index contributed by atoms with van der Waals surface area (Å²) in [6, 6.07) is 10.5. The highest BCUT2D eigenvalue weighted by Crippen LogP contribution is 2.25. The molecule has 2 nitrogen and oxygen atoms in total. The van der Waals surface area contributed by atoms with Crippen molar-refractivity contribution in [2.24, 2.45) is 0 Å². The molecule has 0 aliphatic carbocycles. The Kier molecular flexibility index (Phi) is 2.56. The second-order valence-corrected chi connectivity index (χ2v) is 4.62. The zero-order chi connectivity index (χ0) is 11.7. The van der Waals surface area contributed by atoms with Gasteiger partial charge >= 0.3 is 0 Å². The predicted octanol–water partition coefficient (Wildman–Crippen LogP) is 3.44. The van der Waals surface area contributed by atoms with E-state index in [1.807, 2.05) is 12.4 Å². The third-order valence-electron chi connectivity index (χ3n) is 3.29. The van der Waals surface area contributed by atoms with Crippen LogP contribution in [-0.2, 0) is 13.0 Å². The molecule has 2 aromatic rings. The summed E-state index contributed by atoms with van der Waals surface area (Å²) in [6.45, 7) is 3.17. The predicted molar refractivity (Wildman–Crippen MR) is 69.7 cm³/mol. The van der Waals surface area contributed by atoms with E-state index in [4.69, 9.17) is 0 Å². The van der Waals surface area contributed by atoms with E-state index < -0.39 is 0 Å². The molecule has 3 rings (SSSR count). The van der Waals surface area contributed by atoms with Crippen LogP contribution in [0.3, 0.4) is 0 Å². The third-order valence-corrected chi connectivity index (χ3v) is 3.29. The fraction of sp³-hybridized carbons (Fsp3) is 0.267.